The average Bonchev–Trinajstić information content (AvgIpc) is 3.27. The van der Waals surface area contributed by atoms with Crippen LogP contribution >= 0.6 is 11.3 Å². The molecular formula is C18H22N2O3S2. The number of fused-ring (bicyclic) bond motifs is 1. The lowest BCUT2D eigenvalue weighted by Gasteiger charge is -2.20. The molecule has 1 aromatic heterocycles. The number of hydrogen-bond donors (Lipinski definition) is 1. The van der Waals surface area contributed by atoms with Gasteiger partial charge in [0.05, 0.1) is 18.0 Å². The van der Waals surface area contributed by atoms with E-state index in [1.165, 1.54) is 9.87 Å². The van der Waals surface area contributed by atoms with Gasteiger partial charge < -0.3 is 5.32 Å². The van der Waals surface area contributed by atoms with Crippen LogP contribution in [0.15, 0.2) is 40.6 Å². The molecule has 25 heavy (non-hydrogen) atoms. The Morgan fingerprint density at radius 3 is 2.76 bits per heavy atom. The second-order valence-corrected chi connectivity index (χ2v) is 9.04. The zero-order valence-corrected chi connectivity index (χ0v) is 15.8. The molecule has 0 aliphatic heterocycles. The zero-order valence-electron chi connectivity index (χ0n) is 14.2. The maximum absolute atomic E-state index is 12.9. The summed E-state index contributed by atoms with van der Waals surface area (Å²) < 4.78 is 27.0. The fourth-order valence-electron chi connectivity index (χ4n) is 3.04. The Morgan fingerprint density at radius 1 is 1.24 bits per heavy atom. The molecule has 1 heterocycles. The summed E-state index contributed by atoms with van der Waals surface area (Å²) in [5.41, 5.74) is 2.34. The molecule has 0 radical (unpaired) electrons. The summed E-state index contributed by atoms with van der Waals surface area (Å²) in [5, 5.41) is 4.72. The highest BCUT2D eigenvalue weighted by molar-refractivity contribution is 7.89. The molecule has 3 rings (SSSR count). The summed E-state index contributed by atoms with van der Waals surface area (Å²) in [6, 6.07) is 9.18. The summed E-state index contributed by atoms with van der Waals surface area (Å²) in [7, 11) is -3.66. The van der Waals surface area contributed by atoms with Crippen LogP contribution in [0.4, 0.5) is 0 Å². The number of carbonyl (C=O) groups is 1. The smallest absolute Gasteiger partial charge is 0.243 e. The normalized spacial score (nSPS) is 13.8. The van der Waals surface area contributed by atoms with E-state index in [2.05, 4.69) is 5.32 Å². The lowest BCUT2D eigenvalue weighted by Crippen LogP contribution is -2.40. The van der Waals surface area contributed by atoms with Gasteiger partial charge in [-0.1, -0.05) is 19.1 Å². The molecule has 1 amide bonds. The van der Waals surface area contributed by atoms with E-state index in [1.807, 2.05) is 23.6 Å². The zero-order chi connectivity index (χ0) is 17.9. The van der Waals surface area contributed by atoms with Crippen molar-refractivity contribution in [1.82, 2.24) is 9.62 Å². The van der Waals surface area contributed by atoms with E-state index in [9.17, 15) is 13.2 Å². The van der Waals surface area contributed by atoms with Crippen LogP contribution in [0.2, 0.25) is 0 Å². The monoisotopic (exact) mass is 378 g/mol. The van der Waals surface area contributed by atoms with Gasteiger partial charge in [-0.05, 0) is 54.0 Å². The van der Waals surface area contributed by atoms with E-state index < -0.39 is 10.0 Å². The molecule has 1 aromatic carbocycles. The maximum atomic E-state index is 12.9. The van der Waals surface area contributed by atoms with Crippen LogP contribution in [0.5, 0.6) is 0 Å². The Labute approximate surface area is 152 Å². The quantitative estimate of drug-likeness (QED) is 0.805. The molecular weight excluding hydrogens is 356 g/mol. The van der Waals surface area contributed by atoms with Crippen molar-refractivity contribution < 1.29 is 13.2 Å². The van der Waals surface area contributed by atoms with Gasteiger partial charge in [0.2, 0.25) is 15.9 Å². The van der Waals surface area contributed by atoms with E-state index in [0.717, 1.165) is 29.7 Å². The molecule has 1 aliphatic rings. The molecule has 5 nitrogen and oxygen atoms in total. The third kappa shape index (κ3) is 4.11. The predicted octanol–water partition coefficient (Wildman–Crippen LogP) is 2.56. The van der Waals surface area contributed by atoms with Gasteiger partial charge in [-0.25, -0.2) is 8.42 Å². The van der Waals surface area contributed by atoms with Gasteiger partial charge in [0.25, 0.3) is 0 Å². The van der Waals surface area contributed by atoms with Gasteiger partial charge in [0.15, 0.2) is 0 Å². The van der Waals surface area contributed by atoms with Gasteiger partial charge in [0, 0.05) is 11.4 Å². The maximum Gasteiger partial charge on any atom is 0.243 e. The average molecular weight is 379 g/mol. The number of benzene rings is 1. The summed E-state index contributed by atoms with van der Waals surface area (Å²) in [6.45, 7) is 2.26. The first-order valence-electron chi connectivity index (χ1n) is 8.41. The van der Waals surface area contributed by atoms with Crippen LogP contribution < -0.4 is 5.32 Å². The number of sulfonamides is 1. The third-order valence-electron chi connectivity index (χ3n) is 4.42. The number of likely N-dealkylation sites (N-methyl/N-ethyl adjacent to an activating group) is 1. The number of hydrogen-bond acceptors (Lipinski definition) is 4. The lowest BCUT2D eigenvalue weighted by atomic mass is 10.1. The summed E-state index contributed by atoms with van der Waals surface area (Å²) in [5.74, 6) is -0.292. The number of nitrogens with zero attached hydrogens (tertiary/aromatic N) is 1. The molecule has 0 unspecified atom stereocenters. The summed E-state index contributed by atoms with van der Waals surface area (Å²) in [4.78, 5) is 13.5. The SMILES string of the molecule is CCN(CC(=O)NCc1cccs1)S(=O)(=O)c1ccc2c(c1)CCC2. The largest absolute Gasteiger partial charge is 0.350 e. The molecule has 0 atom stereocenters. The minimum atomic E-state index is -3.66. The van der Waals surface area contributed by atoms with Gasteiger partial charge in [-0.3, -0.25) is 4.79 Å². The van der Waals surface area contributed by atoms with Crippen molar-refractivity contribution in [2.75, 3.05) is 13.1 Å². The molecule has 0 spiro atoms. The van der Waals surface area contributed by atoms with Crippen molar-refractivity contribution >= 4 is 27.3 Å². The van der Waals surface area contributed by atoms with Crippen molar-refractivity contribution in [2.24, 2.45) is 0 Å². The Bertz CT molecular complexity index is 845. The van der Waals surface area contributed by atoms with Crippen LogP contribution in [-0.2, 0) is 34.2 Å². The Balaban J connectivity index is 1.69. The van der Waals surface area contributed by atoms with Crippen molar-refractivity contribution in [3.8, 4) is 0 Å². The van der Waals surface area contributed by atoms with Crippen LogP contribution in [0.3, 0.4) is 0 Å². The molecule has 1 N–H and O–H groups in total. The number of amides is 1. The number of aryl methyl sites for hydroxylation is 2. The topological polar surface area (TPSA) is 66.5 Å². The second-order valence-electron chi connectivity index (χ2n) is 6.07. The first-order valence-corrected chi connectivity index (χ1v) is 10.7. The predicted molar refractivity (Wildman–Crippen MR) is 99.1 cm³/mol. The van der Waals surface area contributed by atoms with Crippen LogP contribution in [0.25, 0.3) is 0 Å². The van der Waals surface area contributed by atoms with E-state index in [-0.39, 0.29) is 23.9 Å². The summed E-state index contributed by atoms with van der Waals surface area (Å²) >= 11 is 1.56. The number of thiophene rings is 1. The number of nitrogens with one attached hydrogen (secondary N) is 1. The molecule has 0 saturated heterocycles. The van der Waals surface area contributed by atoms with Gasteiger partial charge in [-0.15, -0.1) is 11.3 Å². The first kappa shape index (κ1) is 18.1. The van der Waals surface area contributed by atoms with Gasteiger partial charge >= 0.3 is 0 Å². The van der Waals surface area contributed by atoms with Gasteiger partial charge in [0.1, 0.15) is 0 Å². The Morgan fingerprint density at radius 2 is 2.04 bits per heavy atom. The van der Waals surface area contributed by atoms with Gasteiger partial charge in [-0.2, -0.15) is 4.31 Å². The highest BCUT2D eigenvalue weighted by Crippen LogP contribution is 2.26. The second kappa shape index (κ2) is 7.68. The number of rotatable bonds is 7. The number of carbonyl (C=O) groups excluding carboxylic acids is 1. The van der Waals surface area contributed by atoms with Crippen LogP contribution in [0, 0.1) is 0 Å². The molecule has 0 fully saturated rings. The Kier molecular flexibility index (Phi) is 5.56. The molecule has 1 aliphatic carbocycles. The molecule has 2 aromatic rings. The van der Waals surface area contributed by atoms with Crippen LogP contribution in [-0.4, -0.2) is 31.7 Å². The third-order valence-corrected chi connectivity index (χ3v) is 7.21. The van der Waals surface area contributed by atoms with Crippen molar-refractivity contribution in [1.29, 1.82) is 0 Å². The van der Waals surface area contributed by atoms with E-state index in [0.29, 0.717) is 6.54 Å². The molecule has 0 bridgehead atoms. The molecule has 134 valence electrons. The molecule has 7 heteroatoms. The fourth-order valence-corrected chi connectivity index (χ4v) is 5.14. The van der Waals surface area contributed by atoms with Crippen molar-refractivity contribution in [3.63, 3.8) is 0 Å². The van der Waals surface area contributed by atoms with Crippen molar-refractivity contribution in [2.45, 2.75) is 37.6 Å². The lowest BCUT2D eigenvalue weighted by molar-refractivity contribution is -0.121. The fraction of sp³-hybridized carbons (Fsp3) is 0.389. The summed E-state index contributed by atoms with van der Waals surface area (Å²) in [6.07, 6.45) is 3.01. The van der Waals surface area contributed by atoms with E-state index in [4.69, 9.17) is 0 Å². The standard InChI is InChI=1S/C18H22N2O3S2/c1-2-20(13-18(21)19-12-16-7-4-10-24-16)25(22,23)17-9-8-14-5-3-6-15(14)11-17/h4,7-11H,2-3,5-6,12-13H2,1H3,(H,19,21). The highest BCUT2D eigenvalue weighted by Gasteiger charge is 2.26. The Hall–Kier alpha value is -1.70. The molecule has 0 saturated carbocycles. The van der Waals surface area contributed by atoms with Crippen molar-refractivity contribution in [3.05, 3.63) is 51.7 Å². The minimum absolute atomic E-state index is 0.165. The van der Waals surface area contributed by atoms with E-state index in [1.54, 1.807) is 30.4 Å². The highest BCUT2D eigenvalue weighted by atomic mass is 32.2. The van der Waals surface area contributed by atoms with Crippen LogP contribution in [0.1, 0.15) is 29.3 Å². The van der Waals surface area contributed by atoms with E-state index >= 15 is 0 Å². The minimum Gasteiger partial charge on any atom is -0.350 e. The first-order chi connectivity index (χ1) is 12.0.